The number of likely N-dealkylation sites (N-methyl/N-ethyl adjacent to an activating group) is 2. The summed E-state index contributed by atoms with van der Waals surface area (Å²) < 4.78 is 0. The zero-order valence-corrected chi connectivity index (χ0v) is 7.58. The zero-order chi connectivity index (χ0) is 8.69. The van der Waals surface area contributed by atoms with Crippen LogP contribution < -0.4 is 0 Å². The molecule has 0 heterocycles. The quantitative estimate of drug-likeness (QED) is 0.427. The first kappa shape index (κ1) is 10.4. The van der Waals surface area contributed by atoms with E-state index >= 15 is 0 Å². The molecule has 0 radical (unpaired) electrons. The van der Waals surface area contributed by atoms with E-state index in [-0.39, 0.29) is 0 Å². The highest BCUT2D eigenvalue weighted by atomic mass is 16.3. The van der Waals surface area contributed by atoms with Gasteiger partial charge in [0, 0.05) is 13.6 Å². The third-order valence-corrected chi connectivity index (χ3v) is 1.77. The fourth-order valence-corrected chi connectivity index (χ4v) is 0.867. The molecule has 0 atom stereocenters. The largest absolute Gasteiger partial charge is 0.302 e. The average molecular weight is 159 g/mol. The minimum atomic E-state index is 0.713. The van der Waals surface area contributed by atoms with E-state index in [0.717, 1.165) is 19.6 Å². The molecule has 0 aliphatic rings. The Bertz CT molecular complexity index is 104. The lowest BCUT2D eigenvalue weighted by molar-refractivity contribution is 0.244. The van der Waals surface area contributed by atoms with Gasteiger partial charge in [0.1, 0.15) is 0 Å². The van der Waals surface area contributed by atoms with Crippen molar-refractivity contribution in [3.63, 3.8) is 0 Å². The maximum absolute atomic E-state index is 9.95. The number of rotatable bonds is 6. The van der Waals surface area contributed by atoms with E-state index in [9.17, 15) is 4.91 Å². The van der Waals surface area contributed by atoms with E-state index in [1.807, 2.05) is 0 Å². The van der Waals surface area contributed by atoms with Gasteiger partial charge in [-0.2, -0.15) is 0 Å². The molecule has 0 spiro atoms. The molecule has 0 aromatic rings. The Balaban J connectivity index is 3.41. The molecule has 0 aliphatic heterocycles. The molecule has 66 valence electrons. The summed E-state index contributed by atoms with van der Waals surface area (Å²) in [6.07, 6.45) is 0. The molecule has 0 aromatic carbocycles. The summed E-state index contributed by atoms with van der Waals surface area (Å²) in [7, 11) is 1.69. The van der Waals surface area contributed by atoms with E-state index < -0.39 is 0 Å². The van der Waals surface area contributed by atoms with Gasteiger partial charge in [0.25, 0.3) is 0 Å². The zero-order valence-electron chi connectivity index (χ0n) is 7.58. The van der Waals surface area contributed by atoms with Crippen molar-refractivity contribution in [2.75, 3.05) is 33.2 Å². The van der Waals surface area contributed by atoms with E-state index in [1.165, 1.54) is 5.01 Å². The Labute approximate surface area is 68.1 Å². The Kier molecular flexibility index (Phi) is 5.74. The first-order valence-electron chi connectivity index (χ1n) is 4.01. The fraction of sp³-hybridized carbons (Fsp3) is 1.00. The minimum absolute atomic E-state index is 0.713. The second kappa shape index (κ2) is 6.09. The summed E-state index contributed by atoms with van der Waals surface area (Å²) in [4.78, 5) is 12.2. The van der Waals surface area contributed by atoms with Crippen LogP contribution in [0.25, 0.3) is 0 Å². The van der Waals surface area contributed by atoms with Crippen molar-refractivity contribution < 1.29 is 0 Å². The van der Waals surface area contributed by atoms with Crippen LogP contribution in [0, 0.1) is 4.91 Å². The Hall–Kier alpha value is -0.640. The summed E-state index contributed by atoms with van der Waals surface area (Å²) in [6.45, 7) is 7.91. The Morgan fingerprint density at radius 3 is 2.09 bits per heavy atom. The predicted molar refractivity (Wildman–Crippen MR) is 46.2 cm³/mol. The maximum Gasteiger partial charge on any atom is 0.0521 e. The molecule has 0 aromatic heterocycles. The fourth-order valence-electron chi connectivity index (χ4n) is 0.867. The molecule has 0 rings (SSSR count). The van der Waals surface area contributed by atoms with Crippen LogP contribution in [-0.4, -0.2) is 43.1 Å². The van der Waals surface area contributed by atoms with Gasteiger partial charge in [0.05, 0.1) is 11.8 Å². The number of hydrogen-bond donors (Lipinski definition) is 0. The molecule has 0 N–H and O–H groups in total. The lowest BCUT2D eigenvalue weighted by atomic mass is 10.4. The van der Waals surface area contributed by atoms with E-state index in [1.54, 1.807) is 7.05 Å². The lowest BCUT2D eigenvalue weighted by Gasteiger charge is -2.19. The van der Waals surface area contributed by atoms with Gasteiger partial charge in [-0.05, 0) is 13.1 Å². The van der Waals surface area contributed by atoms with Gasteiger partial charge in [-0.1, -0.05) is 13.8 Å². The van der Waals surface area contributed by atoms with Crippen molar-refractivity contribution in [3.05, 3.63) is 4.91 Å². The van der Waals surface area contributed by atoms with Crippen molar-refractivity contribution in [1.82, 2.24) is 9.91 Å². The Morgan fingerprint density at radius 2 is 1.73 bits per heavy atom. The van der Waals surface area contributed by atoms with Gasteiger partial charge >= 0.3 is 0 Å². The number of nitrogens with zero attached hydrogens (tertiary/aromatic N) is 3. The molecule has 0 amide bonds. The van der Waals surface area contributed by atoms with Gasteiger partial charge in [0.2, 0.25) is 0 Å². The summed E-state index contributed by atoms with van der Waals surface area (Å²) in [5.74, 6) is 0. The summed E-state index contributed by atoms with van der Waals surface area (Å²) in [5, 5.41) is 4.20. The molecule has 0 aliphatic carbocycles. The van der Waals surface area contributed by atoms with Crippen LogP contribution in [0.3, 0.4) is 0 Å². The smallest absolute Gasteiger partial charge is 0.0521 e. The van der Waals surface area contributed by atoms with Gasteiger partial charge in [-0.3, -0.25) is 5.01 Å². The summed E-state index contributed by atoms with van der Waals surface area (Å²) >= 11 is 0. The SMILES string of the molecule is CCN(CC)CCN(C)N=O. The van der Waals surface area contributed by atoms with Crippen LogP contribution >= 0.6 is 0 Å². The molecule has 0 bridgehead atoms. The van der Waals surface area contributed by atoms with Crippen molar-refractivity contribution in [2.45, 2.75) is 13.8 Å². The topological polar surface area (TPSA) is 35.9 Å². The normalized spacial score (nSPS) is 10.2. The van der Waals surface area contributed by atoms with Gasteiger partial charge in [-0.25, -0.2) is 0 Å². The second-order valence-corrected chi connectivity index (χ2v) is 2.49. The van der Waals surface area contributed by atoms with Crippen LogP contribution in [0.15, 0.2) is 5.29 Å². The predicted octanol–water partition coefficient (Wildman–Crippen LogP) is 0.941. The molecular weight excluding hydrogens is 142 g/mol. The highest BCUT2D eigenvalue weighted by Gasteiger charge is 2.00. The van der Waals surface area contributed by atoms with Crippen molar-refractivity contribution >= 4 is 0 Å². The molecule has 4 heteroatoms. The second-order valence-electron chi connectivity index (χ2n) is 2.49. The van der Waals surface area contributed by atoms with Crippen LogP contribution in [0.5, 0.6) is 0 Å². The van der Waals surface area contributed by atoms with E-state index in [4.69, 9.17) is 0 Å². The molecule has 0 unspecified atom stereocenters. The molecule has 0 saturated carbocycles. The molecular formula is C7H17N3O. The molecule has 0 saturated heterocycles. The van der Waals surface area contributed by atoms with Crippen LogP contribution in [-0.2, 0) is 0 Å². The standard InChI is InChI=1S/C7H17N3O/c1-4-10(5-2)7-6-9(3)8-11/h4-7H2,1-3H3. The molecule has 0 fully saturated rings. The van der Waals surface area contributed by atoms with Crippen molar-refractivity contribution in [1.29, 1.82) is 0 Å². The van der Waals surface area contributed by atoms with Crippen LogP contribution in [0.1, 0.15) is 13.8 Å². The summed E-state index contributed by atoms with van der Waals surface area (Å²) in [6, 6.07) is 0. The first-order valence-corrected chi connectivity index (χ1v) is 4.01. The lowest BCUT2D eigenvalue weighted by Crippen LogP contribution is -2.30. The minimum Gasteiger partial charge on any atom is -0.302 e. The van der Waals surface area contributed by atoms with Crippen LogP contribution in [0.4, 0.5) is 0 Å². The third kappa shape index (κ3) is 4.72. The van der Waals surface area contributed by atoms with E-state index in [2.05, 4.69) is 24.0 Å². The number of hydrogen-bond acceptors (Lipinski definition) is 3. The first-order chi connectivity index (χ1) is 5.24. The highest BCUT2D eigenvalue weighted by molar-refractivity contribution is 4.54. The highest BCUT2D eigenvalue weighted by Crippen LogP contribution is 1.88. The van der Waals surface area contributed by atoms with Crippen molar-refractivity contribution in [3.8, 4) is 0 Å². The van der Waals surface area contributed by atoms with E-state index in [0.29, 0.717) is 6.54 Å². The van der Waals surface area contributed by atoms with Gasteiger partial charge < -0.3 is 4.90 Å². The molecule has 4 nitrogen and oxygen atoms in total. The maximum atomic E-state index is 9.95. The molecule has 11 heavy (non-hydrogen) atoms. The summed E-state index contributed by atoms with van der Waals surface area (Å²) in [5.41, 5.74) is 0. The van der Waals surface area contributed by atoms with Gasteiger partial charge in [-0.15, -0.1) is 4.91 Å². The van der Waals surface area contributed by atoms with Crippen LogP contribution in [0.2, 0.25) is 0 Å². The Morgan fingerprint density at radius 1 is 1.18 bits per heavy atom. The van der Waals surface area contributed by atoms with Crippen molar-refractivity contribution in [2.24, 2.45) is 5.29 Å². The van der Waals surface area contributed by atoms with Gasteiger partial charge in [0.15, 0.2) is 0 Å². The average Bonchev–Trinajstić information content (AvgIpc) is 2.06. The number of nitroso groups, excluding NO2 is 1. The monoisotopic (exact) mass is 159 g/mol. The third-order valence-electron chi connectivity index (χ3n) is 1.77.